The number of ether oxygens (including phenoxy) is 1. The van der Waals surface area contributed by atoms with E-state index in [0.29, 0.717) is 0 Å². The Morgan fingerprint density at radius 3 is 1.91 bits per heavy atom. The SMILES string of the molecule is CC(C)N1[C@@H]2CCCC[C@H]2N(C(C)C)P1(=O)N1[C@H](C(=O)OC(C)(C)C)[C@@H]1c1ccccc1. The second kappa shape index (κ2) is 8.54. The number of rotatable bonds is 5. The fourth-order valence-corrected chi connectivity index (χ4v) is 10.2. The molecule has 3 fully saturated rings. The summed E-state index contributed by atoms with van der Waals surface area (Å²) in [4.78, 5) is 13.4. The van der Waals surface area contributed by atoms with E-state index in [1.54, 1.807) is 0 Å². The third-order valence-corrected chi connectivity index (χ3v) is 10.7. The Bertz CT molecular complexity index is 854. The second-order valence-corrected chi connectivity index (χ2v) is 13.5. The normalized spacial score (nSPS) is 32.8. The molecule has 1 aromatic carbocycles. The van der Waals surface area contributed by atoms with Crippen molar-refractivity contribution in [3.05, 3.63) is 35.9 Å². The van der Waals surface area contributed by atoms with Gasteiger partial charge in [0.25, 0.3) is 7.59 Å². The van der Waals surface area contributed by atoms with Crippen LogP contribution < -0.4 is 0 Å². The number of fused-ring (bicyclic) bond motifs is 1. The van der Waals surface area contributed by atoms with Crippen molar-refractivity contribution < 1.29 is 14.1 Å². The molecule has 1 saturated carbocycles. The third-order valence-electron chi connectivity index (χ3n) is 6.90. The molecule has 2 heterocycles. The summed E-state index contributed by atoms with van der Waals surface area (Å²) in [6.07, 6.45) is 4.48. The van der Waals surface area contributed by atoms with Crippen LogP contribution in [0.1, 0.15) is 85.8 Å². The van der Waals surface area contributed by atoms with Gasteiger partial charge in [-0.05, 0) is 66.9 Å². The van der Waals surface area contributed by atoms with Crippen molar-refractivity contribution in [1.29, 1.82) is 0 Å². The number of hydrogen-bond acceptors (Lipinski definition) is 3. The smallest absolute Gasteiger partial charge is 0.326 e. The van der Waals surface area contributed by atoms with Crippen molar-refractivity contribution in [2.24, 2.45) is 0 Å². The second-order valence-electron chi connectivity index (χ2n) is 11.1. The van der Waals surface area contributed by atoms with E-state index in [-0.39, 0.29) is 36.2 Å². The number of esters is 1. The maximum Gasteiger partial charge on any atom is 0.326 e. The number of carbonyl (C=O) groups excluding carboxylic acids is 1. The number of carbonyl (C=O) groups is 1. The Hall–Kier alpha value is -1.20. The van der Waals surface area contributed by atoms with E-state index in [0.717, 1.165) is 18.4 Å². The first-order chi connectivity index (χ1) is 15.0. The van der Waals surface area contributed by atoms with E-state index < -0.39 is 19.2 Å². The van der Waals surface area contributed by atoms with E-state index >= 15 is 4.57 Å². The zero-order valence-electron chi connectivity index (χ0n) is 20.7. The summed E-state index contributed by atoms with van der Waals surface area (Å²) in [6, 6.07) is 10.1. The van der Waals surface area contributed by atoms with Gasteiger partial charge in [0.05, 0.1) is 6.04 Å². The molecule has 7 heteroatoms. The molecular weight excluding hydrogens is 421 g/mol. The van der Waals surface area contributed by atoms with E-state index in [4.69, 9.17) is 4.74 Å². The molecule has 3 aliphatic rings. The molecule has 0 bridgehead atoms. The van der Waals surface area contributed by atoms with Gasteiger partial charge in [-0.15, -0.1) is 0 Å². The molecule has 4 rings (SSSR count). The molecule has 0 spiro atoms. The number of hydrogen-bond donors (Lipinski definition) is 0. The topological polar surface area (TPSA) is 52.9 Å². The van der Waals surface area contributed by atoms with Crippen molar-refractivity contribution >= 4 is 13.6 Å². The van der Waals surface area contributed by atoms with Crippen molar-refractivity contribution in [1.82, 2.24) is 14.0 Å². The van der Waals surface area contributed by atoms with Gasteiger partial charge in [-0.2, -0.15) is 0 Å². The van der Waals surface area contributed by atoms with Gasteiger partial charge < -0.3 is 4.74 Å². The lowest BCUT2D eigenvalue weighted by Crippen LogP contribution is -2.43. The van der Waals surface area contributed by atoms with Crippen molar-refractivity contribution in [3.8, 4) is 0 Å². The summed E-state index contributed by atoms with van der Waals surface area (Å²) in [6.45, 7) is 14.3. The van der Waals surface area contributed by atoms with Crippen LogP contribution in [0.15, 0.2) is 30.3 Å². The lowest BCUT2D eigenvalue weighted by Gasteiger charge is -2.37. The first kappa shape index (κ1) is 23.9. The molecule has 1 unspecified atom stereocenters. The zero-order valence-corrected chi connectivity index (χ0v) is 21.6. The molecule has 0 aromatic heterocycles. The van der Waals surface area contributed by atoms with Crippen LogP contribution in [0.25, 0.3) is 0 Å². The minimum atomic E-state index is -3.17. The highest BCUT2D eigenvalue weighted by atomic mass is 31.2. The lowest BCUT2D eigenvalue weighted by atomic mass is 9.89. The minimum absolute atomic E-state index is 0.131. The molecule has 178 valence electrons. The van der Waals surface area contributed by atoms with Gasteiger partial charge in [-0.3, -0.25) is 9.36 Å². The largest absolute Gasteiger partial charge is 0.459 e. The fraction of sp³-hybridized carbons (Fsp3) is 0.720. The molecule has 1 aromatic rings. The predicted molar refractivity (Wildman–Crippen MR) is 128 cm³/mol. The summed E-state index contributed by atoms with van der Waals surface area (Å²) in [5.74, 6) is -0.274. The average molecular weight is 462 g/mol. The number of benzene rings is 1. The predicted octanol–water partition coefficient (Wildman–Crippen LogP) is 5.61. The molecule has 5 atom stereocenters. The van der Waals surface area contributed by atoms with Crippen LogP contribution in [-0.4, -0.2) is 55.8 Å². The maximum absolute atomic E-state index is 15.3. The summed E-state index contributed by atoms with van der Waals surface area (Å²) in [5.41, 5.74) is 0.445. The van der Waals surface area contributed by atoms with Crippen molar-refractivity contribution in [3.63, 3.8) is 0 Å². The van der Waals surface area contributed by atoms with Crippen LogP contribution >= 0.6 is 7.59 Å². The van der Waals surface area contributed by atoms with Crippen LogP contribution in [0.3, 0.4) is 0 Å². The van der Waals surface area contributed by atoms with E-state index in [1.807, 2.05) is 55.8 Å². The van der Waals surface area contributed by atoms with Crippen LogP contribution in [0.5, 0.6) is 0 Å². The summed E-state index contributed by atoms with van der Waals surface area (Å²) in [5, 5.41) is 0. The molecule has 32 heavy (non-hydrogen) atoms. The highest BCUT2D eigenvalue weighted by molar-refractivity contribution is 7.57. The lowest BCUT2D eigenvalue weighted by molar-refractivity contribution is -0.154. The molecular formula is C25H40N3O3P. The quantitative estimate of drug-likeness (QED) is 0.323. The molecule has 2 aliphatic heterocycles. The summed E-state index contributed by atoms with van der Waals surface area (Å²) >= 11 is 0. The highest BCUT2D eigenvalue weighted by Gasteiger charge is 2.71. The van der Waals surface area contributed by atoms with Crippen LogP contribution in [-0.2, 0) is 14.1 Å². The molecule has 0 amide bonds. The Morgan fingerprint density at radius 1 is 0.969 bits per heavy atom. The standard InChI is InChI=1S/C25H40N3O3P/c1-17(2)26-20-15-11-12-16-21(20)27(18(3)4)32(26,30)28-22(19-13-9-8-10-14-19)23(28)24(29)31-25(5,6)7/h8-10,13-14,17-18,20-23H,11-12,15-16H2,1-7H3/t20-,21-,22+,23+,28?/m1/s1. The van der Waals surface area contributed by atoms with Crippen LogP contribution in [0.2, 0.25) is 0 Å². The summed E-state index contributed by atoms with van der Waals surface area (Å²) < 4.78 is 27.7. The van der Waals surface area contributed by atoms with Crippen molar-refractivity contribution in [2.75, 3.05) is 0 Å². The van der Waals surface area contributed by atoms with Gasteiger partial charge in [0, 0.05) is 24.2 Å². The van der Waals surface area contributed by atoms with Gasteiger partial charge in [-0.25, -0.2) is 14.0 Å². The van der Waals surface area contributed by atoms with Gasteiger partial charge in [0.1, 0.15) is 11.6 Å². The summed E-state index contributed by atoms with van der Waals surface area (Å²) in [7, 11) is -3.17. The first-order valence-corrected chi connectivity index (χ1v) is 13.8. The van der Waals surface area contributed by atoms with Gasteiger partial charge >= 0.3 is 5.97 Å². The minimum Gasteiger partial charge on any atom is -0.459 e. The maximum atomic E-state index is 15.3. The average Bonchev–Trinajstić information content (AvgIpc) is 3.39. The fourth-order valence-electron chi connectivity index (χ4n) is 5.95. The van der Waals surface area contributed by atoms with Gasteiger partial charge in [0.15, 0.2) is 0 Å². The zero-order chi connectivity index (χ0) is 23.4. The molecule has 0 N–H and O–H groups in total. The highest BCUT2D eigenvalue weighted by Crippen LogP contribution is 2.75. The Kier molecular flexibility index (Phi) is 6.39. The van der Waals surface area contributed by atoms with Crippen molar-refractivity contribution in [2.45, 2.75) is 116 Å². The molecule has 1 aliphatic carbocycles. The third kappa shape index (κ3) is 3.98. The van der Waals surface area contributed by atoms with E-state index in [9.17, 15) is 4.79 Å². The monoisotopic (exact) mass is 461 g/mol. The van der Waals surface area contributed by atoms with Crippen LogP contribution in [0, 0.1) is 0 Å². The molecule has 6 nitrogen and oxygen atoms in total. The van der Waals surface area contributed by atoms with Gasteiger partial charge in [-0.1, -0.05) is 43.2 Å². The Morgan fingerprint density at radius 2 is 1.47 bits per heavy atom. The van der Waals surface area contributed by atoms with Crippen LogP contribution in [0.4, 0.5) is 0 Å². The molecule has 0 radical (unpaired) electrons. The number of nitrogens with zero attached hydrogens (tertiary/aromatic N) is 3. The first-order valence-electron chi connectivity index (χ1n) is 12.2. The van der Waals surface area contributed by atoms with E-state index in [1.165, 1.54) is 12.8 Å². The van der Waals surface area contributed by atoms with Gasteiger partial charge in [0.2, 0.25) is 0 Å². The Balaban J connectivity index is 1.80. The Labute approximate surface area is 193 Å². The van der Waals surface area contributed by atoms with E-state index in [2.05, 4.69) is 37.0 Å². The molecule has 2 saturated heterocycles.